The van der Waals surface area contributed by atoms with E-state index in [-0.39, 0.29) is 6.03 Å². The van der Waals surface area contributed by atoms with Gasteiger partial charge in [0.25, 0.3) is 0 Å². The molecule has 0 bridgehead atoms. The Morgan fingerprint density at radius 2 is 2.00 bits per heavy atom. The molecule has 19 heavy (non-hydrogen) atoms. The third kappa shape index (κ3) is 5.65. The van der Waals surface area contributed by atoms with Gasteiger partial charge in [-0.25, -0.2) is 4.79 Å². The van der Waals surface area contributed by atoms with E-state index in [4.69, 9.17) is 34.8 Å². The van der Waals surface area contributed by atoms with E-state index in [1.807, 2.05) is 18.2 Å². The van der Waals surface area contributed by atoms with Gasteiger partial charge < -0.3 is 15.5 Å². The standard InChI is InChI=1S/C11H13BrCl3N3O/c1-18(2)10(19)17-9(11(13,14)15)16-8-5-3-4-7(12)6-8/h3-6,9,16H,1-2H3,(H,17,19). The summed E-state index contributed by atoms with van der Waals surface area (Å²) in [5, 5.41) is 5.55. The van der Waals surface area contributed by atoms with Crippen LogP contribution in [0, 0.1) is 0 Å². The SMILES string of the molecule is CN(C)C(=O)NC(Nc1cccc(Br)c1)C(Cl)(Cl)Cl. The van der Waals surface area contributed by atoms with Crippen molar-refractivity contribution >= 4 is 62.5 Å². The molecule has 0 saturated carbocycles. The van der Waals surface area contributed by atoms with Crippen molar-refractivity contribution in [1.29, 1.82) is 0 Å². The monoisotopic (exact) mass is 387 g/mol. The average Bonchev–Trinajstić information content (AvgIpc) is 2.26. The summed E-state index contributed by atoms with van der Waals surface area (Å²) in [6.07, 6.45) is -0.860. The van der Waals surface area contributed by atoms with Crippen LogP contribution in [-0.4, -0.2) is 35.0 Å². The van der Waals surface area contributed by atoms with E-state index in [0.29, 0.717) is 5.69 Å². The van der Waals surface area contributed by atoms with E-state index >= 15 is 0 Å². The molecule has 0 aliphatic rings. The summed E-state index contributed by atoms with van der Waals surface area (Å²) in [5.41, 5.74) is 0.713. The van der Waals surface area contributed by atoms with E-state index in [9.17, 15) is 4.79 Å². The van der Waals surface area contributed by atoms with Crippen LogP contribution in [0.4, 0.5) is 10.5 Å². The first kappa shape index (κ1) is 16.7. The van der Waals surface area contributed by atoms with Crippen molar-refractivity contribution in [2.24, 2.45) is 0 Å². The summed E-state index contributed by atoms with van der Waals surface area (Å²) >= 11 is 20.9. The fraction of sp³-hybridized carbons (Fsp3) is 0.364. The highest BCUT2D eigenvalue weighted by Gasteiger charge is 2.34. The van der Waals surface area contributed by atoms with Crippen molar-refractivity contribution in [3.8, 4) is 0 Å². The van der Waals surface area contributed by atoms with Gasteiger partial charge >= 0.3 is 6.03 Å². The Morgan fingerprint density at radius 3 is 2.47 bits per heavy atom. The second-order valence-electron chi connectivity index (χ2n) is 3.97. The van der Waals surface area contributed by atoms with E-state index in [2.05, 4.69) is 26.6 Å². The number of hydrogen-bond donors (Lipinski definition) is 2. The fourth-order valence-corrected chi connectivity index (χ4v) is 1.92. The van der Waals surface area contributed by atoms with E-state index < -0.39 is 9.96 Å². The van der Waals surface area contributed by atoms with Gasteiger partial charge in [0.1, 0.15) is 6.17 Å². The summed E-state index contributed by atoms with van der Waals surface area (Å²) in [4.78, 5) is 13.0. The quantitative estimate of drug-likeness (QED) is 0.610. The van der Waals surface area contributed by atoms with Gasteiger partial charge in [-0.2, -0.15) is 0 Å². The molecular weight excluding hydrogens is 376 g/mol. The number of nitrogens with zero attached hydrogens (tertiary/aromatic N) is 1. The summed E-state index contributed by atoms with van der Waals surface area (Å²) in [7, 11) is 3.20. The molecule has 1 aromatic rings. The number of urea groups is 1. The van der Waals surface area contributed by atoms with Crippen LogP contribution in [0.25, 0.3) is 0 Å². The molecule has 2 N–H and O–H groups in total. The maximum atomic E-state index is 11.6. The Balaban J connectivity index is 2.84. The number of hydrogen-bond acceptors (Lipinski definition) is 2. The molecule has 8 heteroatoms. The summed E-state index contributed by atoms with van der Waals surface area (Å²) in [5.74, 6) is 0. The number of amides is 2. The zero-order valence-corrected chi connectivity index (χ0v) is 14.1. The van der Waals surface area contributed by atoms with Gasteiger partial charge in [0.2, 0.25) is 3.79 Å². The molecule has 1 rings (SSSR count). The van der Waals surface area contributed by atoms with Crippen LogP contribution in [-0.2, 0) is 0 Å². The largest absolute Gasteiger partial charge is 0.362 e. The van der Waals surface area contributed by atoms with Crippen molar-refractivity contribution in [1.82, 2.24) is 10.2 Å². The third-order valence-corrected chi connectivity index (χ3v) is 3.28. The minimum Gasteiger partial charge on any atom is -0.362 e. The van der Waals surface area contributed by atoms with Crippen LogP contribution in [0.5, 0.6) is 0 Å². The molecule has 0 saturated heterocycles. The predicted molar refractivity (Wildman–Crippen MR) is 84.1 cm³/mol. The van der Waals surface area contributed by atoms with E-state index in [1.165, 1.54) is 4.90 Å². The lowest BCUT2D eigenvalue weighted by atomic mass is 10.3. The first-order valence-corrected chi connectivity index (χ1v) is 7.19. The molecule has 0 fully saturated rings. The number of rotatable bonds is 3. The number of alkyl halides is 3. The molecule has 1 unspecified atom stereocenters. The maximum absolute atomic E-state index is 11.6. The molecule has 0 aromatic heterocycles. The smallest absolute Gasteiger partial charge is 0.318 e. The highest BCUT2D eigenvalue weighted by atomic mass is 79.9. The molecule has 0 aliphatic carbocycles. The predicted octanol–water partition coefficient (Wildman–Crippen LogP) is 3.83. The maximum Gasteiger partial charge on any atom is 0.318 e. The van der Waals surface area contributed by atoms with Gasteiger partial charge in [-0.3, -0.25) is 0 Å². The Bertz CT molecular complexity index is 451. The van der Waals surface area contributed by atoms with Gasteiger partial charge in [-0.1, -0.05) is 56.8 Å². The van der Waals surface area contributed by atoms with E-state index in [0.717, 1.165) is 4.47 Å². The van der Waals surface area contributed by atoms with Gasteiger partial charge in [-0.15, -0.1) is 0 Å². The first-order chi connectivity index (χ1) is 8.70. The lowest BCUT2D eigenvalue weighted by Crippen LogP contribution is -2.52. The Morgan fingerprint density at radius 1 is 1.37 bits per heavy atom. The molecule has 1 atom stereocenters. The highest BCUT2D eigenvalue weighted by Crippen LogP contribution is 2.31. The summed E-state index contributed by atoms with van der Waals surface area (Å²) in [6.45, 7) is 0. The Labute approximate surface area is 135 Å². The van der Waals surface area contributed by atoms with Crippen molar-refractivity contribution in [2.75, 3.05) is 19.4 Å². The molecule has 4 nitrogen and oxygen atoms in total. The summed E-state index contributed by atoms with van der Waals surface area (Å²) < 4.78 is -0.812. The zero-order chi connectivity index (χ0) is 14.6. The van der Waals surface area contributed by atoms with Gasteiger partial charge in [-0.05, 0) is 18.2 Å². The number of halogens is 4. The molecule has 1 aromatic carbocycles. The second-order valence-corrected chi connectivity index (χ2v) is 7.26. The molecular formula is C11H13BrCl3N3O. The lowest BCUT2D eigenvalue weighted by Gasteiger charge is -2.28. The van der Waals surface area contributed by atoms with Crippen molar-refractivity contribution in [3.05, 3.63) is 28.7 Å². The third-order valence-electron chi connectivity index (χ3n) is 2.14. The summed E-state index contributed by atoms with van der Waals surface area (Å²) in [6, 6.07) is 6.95. The number of anilines is 1. The minimum atomic E-state index is -1.69. The van der Waals surface area contributed by atoms with Crippen LogP contribution in [0.15, 0.2) is 28.7 Å². The van der Waals surface area contributed by atoms with Gasteiger partial charge in [0, 0.05) is 24.3 Å². The molecule has 0 heterocycles. The van der Waals surface area contributed by atoms with Crippen LogP contribution >= 0.6 is 50.7 Å². The zero-order valence-electron chi connectivity index (χ0n) is 10.3. The van der Waals surface area contributed by atoms with Crippen LogP contribution in [0.3, 0.4) is 0 Å². The topological polar surface area (TPSA) is 44.4 Å². The molecule has 0 radical (unpaired) electrons. The van der Waals surface area contributed by atoms with Gasteiger partial charge in [0.05, 0.1) is 0 Å². The first-order valence-electron chi connectivity index (χ1n) is 5.27. The second kappa shape index (κ2) is 6.88. The molecule has 2 amide bonds. The number of carbonyl (C=O) groups excluding carboxylic acids is 1. The van der Waals surface area contributed by atoms with Crippen molar-refractivity contribution in [3.63, 3.8) is 0 Å². The number of nitrogens with one attached hydrogen (secondary N) is 2. The normalized spacial score (nSPS) is 12.7. The highest BCUT2D eigenvalue weighted by molar-refractivity contribution is 9.10. The van der Waals surface area contributed by atoms with Crippen LogP contribution < -0.4 is 10.6 Å². The minimum absolute atomic E-state index is 0.362. The van der Waals surface area contributed by atoms with E-state index in [1.54, 1.807) is 20.2 Å². The molecule has 0 aliphatic heterocycles. The van der Waals surface area contributed by atoms with Gasteiger partial charge in [0.15, 0.2) is 0 Å². The fourth-order valence-electron chi connectivity index (χ4n) is 1.20. The Kier molecular flexibility index (Phi) is 6.05. The average molecular weight is 390 g/mol. The van der Waals surface area contributed by atoms with Crippen LogP contribution in [0.2, 0.25) is 0 Å². The number of benzene rings is 1. The molecule has 0 spiro atoms. The van der Waals surface area contributed by atoms with Crippen molar-refractivity contribution in [2.45, 2.75) is 9.96 Å². The Hall–Kier alpha value is -0.360. The lowest BCUT2D eigenvalue weighted by molar-refractivity contribution is 0.214. The van der Waals surface area contributed by atoms with Crippen LogP contribution in [0.1, 0.15) is 0 Å². The molecule has 106 valence electrons. The van der Waals surface area contributed by atoms with Crippen molar-refractivity contribution < 1.29 is 4.79 Å². The number of carbonyl (C=O) groups is 1.